The van der Waals surface area contributed by atoms with Crippen molar-refractivity contribution in [2.24, 2.45) is 0 Å². The van der Waals surface area contributed by atoms with Crippen LogP contribution in [0.3, 0.4) is 0 Å². The number of anilines is 1. The molecule has 0 aromatic carbocycles. The summed E-state index contributed by atoms with van der Waals surface area (Å²) in [7, 11) is 0. The van der Waals surface area contributed by atoms with Gasteiger partial charge in [-0.05, 0) is 12.1 Å². The summed E-state index contributed by atoms with van der Waals surface area (Å²) in [4.78, 5) is 21.1. The Bertz CT molecular complexity index is 509. The highest BCUT2D eigenvalue weighted by atomic mass is 16.5. The normalized spacial score (nSPS) is 9.87. The molecule has 0 saturated carbocycles. The van der Waals surface area contributed by atoms with Crippen LogP contribution >= 0.6 is 0 Å². The molecule has 76 valence electrons. The molecule has 0 saturated heterocycles. The number of ether oxygens (including phenoxy) is 1. The van der Waals surface area contributed by atoms with Crippen LogP contribution in [0, 0.1) is 0 Å². The number of rotatable bonds is 2. The Balaban J connectivity index is 2.33. The molecule has 2 heterocycles. The molecule has 15 heavy (non-hydrogen) atoms. The van der Waals surface area contributed by atoms with E-state index < -0.39 is 5.56 Å². The molecule has 0 aliphatic carbocycles. The lowest BCUT2D eigenvalue weighted by Gasteiger charge is -2.04. The second-order valence-corrected chi connectivity index (χ2v) is 2.74. The molecule has 0 spiro atoms. The van der Waals surface area contributed by atoms with Crippen LogP contribution in [0.1, 0.15) is 0 Å². The van der Waals surface area contributed by atoms with Crippen LogP contribution < -0.4 is 16.0 Å². The van der Waals surface area contributed by atoms with Gasteiger partial charge in [-0.15, -0.1) is 0 Å². The van der Waals surface area contributed by atoms with Gasteiger partial charge in [0.1, 0.15) is 5.75 Å². The number of pyridine rings is 1. The molecule has 0 radical (unpaired) electrons. The van der Waals surface area contributed by atoms with Crippen molar-refractivity contribution in [3.05, 3.63) is 41.2 Å². The average Bonchev–Trinajstić information content (AvgIpc) is 2.26. The van der Waals surface area contributed by atoms with Gasteiger partial charge in [-0.3, -0.25) is 9.78 Å². The largest absolute Gasteiger partial charge is 0.435 e. The average molecular weight is 204 g/mol. The minimum atomic E-state index is -0.427. The van der Waals surface area contributed by atoms with E-state index in [9.17, 15) is 4.79 Å². The van der Waals surface area contributed by atoms with Crippen LogP contribution in [0.25, 0.3) is 0 Å². The zero-order valence-corrected chi connectivity index (χ0v) is 7.68. The van der Waals surface area contributed by atoms with E-state index in [1.807, 2.05) is 0 Å². The van der Waals surface area contributed by atoms with E-state index in [0.29, 0.717) is 5.75 Å². The summed E-state index contributed by atoms with van der Waals surface area (Å²) in [6.07, 6.45) is 4.34. The molecule has 6 heteroatoms. The topological polar surface area (TPSA) is 93.9 Å². The smallest absolute Gasteiger partial charge is 0.277 e. The Hall–Kier alpha value is -2.37. The monoisotopic (exact) mass is 204 g/mol. The fraction of sp³-hybridized carbons (Fsp3) is 0. The first-order valence-corrected chi connectivity index (χ1v) is 4.18. The first kappa shape index (κ1) is 9.20. The number of nitrogens with one attached hydrogen (secondary N) is 1. The van der Waals surface area contributed by atoms with Gasteiger partial charge in [0.15, 0.2) is 5.69 Å². The maximum atomic E-state index is 11.1. The number of nitrogens with zero attached hydrogens (tertiary/aromatic N) is 2. The van der Waals surface area contributed by atoms with Crippen LogP contribution in [0.15, 0.2) is 35.6 Å². The first-order chi connectivity index (χ1) is 7.27. The molecule has 0 atom stereocenters. The number of hydrogen-bond donors (Lipinski definition) is 2. The van der Waals surface area contributed by atoms with Crippen molar-refractivity contribution in [1.82, 2.24) is 15.0 Å². The second-order valence-electron chi connectivity index (χ2n) is 2.74. The number of hydrogen-bond acceptors (Lipinski definition) is 5. The molecule has 0 amide bonds. The Kier molecular flexibility index (Phi) is 2.32. The highest BCUT2D eigenvalue weighted by molar-refractivity contribution is 5.46. The molecule has 0 unspecified atom stereocenters. The van der Waals surface area contributed by atoms with Crippen molar-refractivity contribution < 1.29 is 4.74 Å². The van der Waals surface area contributed by atoms with E-state index in [1.165, 1.54) is 12.5 Å². The molecule has 0 bridgehead atoms. The van der Waals surface area contributed by atoms with E-state index in [0.717, 1.165) is 0 Å². The third kappa shape index (κ3) is 1.93. The lowest BCUT2D eigenvalue weighted by Crippen LogP contribution is -2.13. The van der Waals surface area contributed by atoms with Crippen LogP contribution in [0.5, 0.6) is 11.6 Å². The Labute approximate surface area is 84.8 Å². The summed E-state index contributed by atoms with van der Waals surface area (Å²) in [6, 6.07) is 3.40. The number of aromatic amines is 1. The molecule has 0 aliphatic rings. The number of nitrogens with two attached hydrogens (primary N) is 1. The minimum Gasteiger partial charge on any atom is -0.435 e. The Morgan fingerprint density at radius 3 is 3.07 bits per heavy atom. The number of aromatic nitrogens is 3. The summed E-state index contributed by atoms with van der Waals surface area (Å²) < 4.78 is 5.27. The number of nitrogen functional groups attached to an aromatic ring is 1. The van der Waals surface area contributed by atoms with Gasteiger partial charge in [0.25, 0.3) is 5.56 Å². The van der Waals surface area contributed by atoms with Gasteiger partial charge in [-0.2, -0.15) is 0 Å². The Morgan fingerprint density at radius 2 is 2.33 bits per heavy atom. The standard InChI is InChI=1S/C9H8N4O2/c10-7-8(14)12-5-13-9(7)15-6-2-1-3-11-4-6/h1-5H,10H2,(H,12,13,14). The molecular weight excluding hydrogens is 196 g/mol. The van der Waals surface area contributed by atoms with E-state index in [1.54, 1.807) is 18.3 Å². The lowest BCUT2D eigenvalue weighted by molar-refractivity contribution is 0.461. The molecule has 2 aromatic rings. The van der Waals surface area contributed by atoms with Crippen LogP contribution in [-0.2, 0) is 0 Å². The molecular formula is C9H8N4O2. The molecule has 0 aliphatic heterocycles. The van der Waals surface area contributed by atoms with E-state index in [4.69, 9.17) is 10.5 Å². The molecule has 2 rings (SSSR count). The quantitative estimate of drug-likeness (QED) is 0.744. The van der Waals surface area contributed by atoms with Crippen LogP contribution in [0.2, 0.25) is 0 Å². The van der Waals surface area contributed by atoms with Crippen LogP contribution in [-0.4, -0.2) is 15.0 Å². The van der Waals surface area contributed by atoms with Gasteiger partial charge in [-0.1, -0.05) is 0 Å². The SMILES string of the molecule is Nc1c(Oc2cccnc2)nc[nH]c1=O. The van der Waals surface area contributed by atoms with Gasteiger partial charge in [0, 0.05) is 6.20 Å². The van der Waals surface area contributed by atoms with E-state index in [-0.39, 0.29) is 11.6 Å². The van der Waals surface area contributed by atoms with Crippen LogP contribution in [0.4, 0.5) is 5.69 Å². The van der Waals surface area contributed by atoms with Gasteiger partial charge in [0.2, 0.25) is 5.88 Å². The fourth-order valence-corrected chi connectivity index (χ4v) is 0.994. The highest BCUT2D eigenvalue weighted by Crippen LogP contribution is 2.19. The molecule has 2 aromatic heterocycles. The maximum absolute atomic E-state index is 11.1. The summed E-state index contributed by atoms with van der Waals surface area (Å²) in [5.74, 6) is 0.550. The maximum Gasteiger partial charge on any atom is 0.277 e. The molecule has 6 nitrogen and oxygen atoms in total. The third-order valence-corrected chi connectivity index (χ3v) is 1.70. The van der Waals surface area contributed by atoms with Gasteiger partial charge in [0.05, 0.1) is 12.5 Å². The van der Waals surface area contributed by atoms with Crippen molar-refractivity contribution in [3.8, 4) is 11.6 Å². The summed E-state index contributed by atoms with van der Waals surface area (Å²) in [6.45, 7) is 0. The van der Waals surface area contributed by atoms with E-state index in [2.05, 4.69) is 15.0 Å². The minimum absolute atomic E-state index is 0.0543. The highest BCUT2D eigenvalue weighted by Gasteiger charge is 2.06. The van der Waals surface area contributed by atoms with E-state index >= 15 is 0 Å². The zero-order chi connectivity index (χ0) is 10.7. The third-order valence-electron chi connectivity index (χ3n) is 1.70. The summed E-state index contributed by atoms with van der Waals surface area (Å²) in [5, 5.41) is 0. The van der Waals surface area contributed by atoms with Crippen molar-refractivity contribution in [3.63, 3.8) is 0 Å². The first-order valence-electron chi connectivity index (χ1n) is 4.18. The summed E-state index contributed by atoms with van der Waals surface area (Å²) in [5.41, 5.74) is 5.00. The van der Waals surface area contributed by atoms with Crippen molar-refractivity contribution >= 4 is 5.69 Å². The van der Waals surface area contributed by atoms with Crippen molar-refractivity contribution in [1.29, 1.82) is 0 Å². The van der Waals surface area contributed by atoms with Crippen molar-refractivity contribution in [2.75, 3.05) is 5.73 Å². The number of H-pyrrole nitrogens is 1. The fourth-order valence-electron chi connectivity index (χ4n) is 0.994. The lowest BCUT2D eigenvalue weighted by atomic mass is 10.4. The van der Waals surface area contributed by atoms with Gasteiger partial charge >= 0.3 is 0 Å². The predicted octanol–water partition coefficient (Wildman–Crippen LogP) is 0.539. The zero-order valence-electron chi connectivity index (χ0n) is 7.68. The molecule has 0 fully saturated rings. The summed E-state index contributed by atoms with van der Waals surface area (Å²) >= 11 is 0. The van der Waals surface area contributed by atoms with Crippen molar-refractivity contribution in [2.45, 2.75) is 0 Å². The van der Waals surface area contributed by atoms with Gasteiger partial charge in [-0.25, -0.2) is 4.98 Å². The van der Waals surface area contributed by atoms with Gasteiger partial charge < -0.3 is 15.5 Å². The second kappa shape index (κ2) is 3.79. The molecule has 3 N–H and O–H groups in total. The predicted molar refractivity (Wildman–Crippen MR) is 53.6 cm³/mol. The Morgan fingerprint density at radius 1 is 1.47 bits per heavy atom.